The Morgan fingerprint density at radius 1 is 1.07 bits per heavy atom. The number of urea groups is 1. The van der Waals surface area contributed by atoms with Crippen LogP contribution in [0, 0.1) is 0 Å². The minimum atomic E-state index is -0.0309. The van der Waals surface area contributed by atoms with E-state index in [0.29, 0.717) is 29.1 Å². The van der Waals surface area contributed by atoms with Crippen LogP contribution in [-0.4, -0.2) is 37.1 Å². The van der Waals surface area contributed by atoms with Crippen molar-refractivity contribution in [3.8, 4) is 0 Å². The van der Waals surface area contributed by atoms with Gasteiger partial charge in [0.2, 0.25) is 0 Å². The van der Waals surface area contributed by atoms with E-state index in [4.69, 9.17) is 23.2 Å². The monoisotopic (exact) mass is 419 g/mol. The van der Waals surface area contributed by atoms with Crippen LogP contribution in [0.3, 0.4) is 0 Å². The zero-order valence-electron chi connectivity index (χ0n) is 16.6. The van der Waals surface area contributed by atoms with Gasteiger partial charge >= 0.3 is 6.03 Å². The second kappa shape index (κ2) is 9.06. The third-order valence-electron chi connectivity index (χ3n) is 5.25. The Balaban J connectivity index is 1.67. The second-order valence-corrected chi connectivity index (χ2v) is 8.21. The summed E-state index contributed by atoms with van der Waals surface area (Å²) in [6.45, 7) is 9.27. The minimum absolute atomic E-state index is 0.0309. The van der Waals surface area contributed by atoms with Gasteiger partial charge in [0.15, 0.2) is 0 Å². The average molecular weight is 420 g/mol. The zero-order valence-corrected chi connectivity index (χ0v) is 18.1. The zero-order chi connectivity index (χ0) is 20.3. The lowest BCUT2D eigenvalue weighted by molar-refractivity contribution is 0.208. The summed E-state index contributed by atoms with van der Waals surface area (Å²) in [4.78, 5) is 17.0. The van der Waals surface area contributed by atoms with Crippen molar-refractivity contribution in [2.45, 2.75) is 33.1 Å². The predicted molar refractivity (Wildman–Crippen MR) is 119 cm³/mol. The molecular weight excluding hydrogens is 393 g/mol. The molecule has 0 unspecified atom stereocenters. The van der Waals surface area contributed by atoms with E-state index in [1.54, 1.807) is 0 Å². The highest BCUT2D eigenvalue weighted by Crippen LogP contribution is 2.30. The lowest BCUT2D eigenvalue weighted by atomic mass is 9.96. The van der Waals surface area contributed by atoms with Crippen LogP contribution in [-0.2, 0) is 6.42 Å². The predicted octanol–water partition coefficient (Wildman–Crippen LogP) is 6.03. The summed E-state index contributed by atoms with van der Waals surface area (Å²) in [6, 6.07) is 11.9. The summed E-state index contributed by atoms with van der Waals surface area (Å²) < 4.78 is 0. The highest BCUT2D eigenvalue weighted by atomic mass is 35.5. The summed E-state index contributed by atoms with van der Waals surface area (Å²) in [6.07, 6.45) is 0.890. The van der Waals surface area contributed by atoms with Gasteiger partial charge in [-0.25, -0.2) is 4.79 Å². The number of para-hydroxylation sites is 1. The molecule has 1 heterocycles. The van der Waals surface area contributed by atoms with Gasteiger partial charge in [0.05, 0.1) is 10.0 Å². The van der Waals surface area contributed by atoms with Crippen molar-refractivity contribution in [3.63, 3.8) is 0 Å². The fourth-order valence-electron chi connectivity index (χ4n) is 3.58. The van der Waals surface area contributed by atoms with Crippen molar-refractivity contribution >= 4 is 40.6 Å². The molecule has 4 nitrogen and oxygen atoms in total. The highest BCUT2D eigenvalue weighted by Gasteiger charge is 2.23. The number of halogens is 2. The maximum Gasteiger partial charge on any atom is 0.321 e. The van der Waals surface area contributed by atoms with Crippen molar-refractivity contribution in [2.75, 3.05) is 36.4 Å². The Morgan fingerprint density at radius 3 is 2.39 bits per heavy atom. The SMILES string of the molecule is CCc1cccc(C(C)C)c1NC(=O)N1CCN(c2ccc(Cl)c(Cl)c2)CC1. The summed E-state index contributed by atoms with van der Waals surface area (Å²) in [5, 5.41) is 4.29. The van der Waals surface area contributed by atoms with Crippen molar-refractivity contribution in [3.05, 3.63) is 57.6 Å². The van der Waals surface area contributed by atoms with Crippen molar-refractivity contribution < 1.29 is 4.79 Å². The number of piperazine rings is 1. The normalized spacial score (nSPS) is 14.5. The molecule has 0 atom stereocenters. The number of hydrogen-bond acceptors (Lipinski definition) is 2. The van der Waals surface area contributed by atoms with E-state index in [0.717, 1.165) is 30.9 Å². The van der Waals surface area contributed by atoms with Crippen LogP contribution in [0.2, 0.25) is 10.0 Å². The first-order valence-corrected chi connectivity index (χ1v) is 10.5. The third-order valence-corrected chi connectivity index (χ3v) is 5.99. The molecule has 0 aliphatic carbocycles. The Hall–Kier alpha value is -1.91. The van der Waals surface area contributed by atoms with E-state index in [-0.39, 0.29) is 6.03 Å². The number of carbonyl (C=O) groups is 1. The van der Waals surface area contributed by atoms with Gasteiger partial charge in [-0.05, 0) is 41.7 Å². The van der Waals surface area contributed by atoms with Gasteiger partial charge in [0, 0.05) is 37.6 Å². The Kier molecular flexibility index (Phi) is 6.73. The lowest BCUT2D eigenvalue weighted by Gasteiger charge is -2.36. The molecule has 0 spiro atoms. The first kappa shape index (κ1) is 20.8. The van der Waals surface area contributed by atoms with Gasteiger partial charge < -0.3 is 15.1 Å². The summed E-state index contributed by atoms with van der Waals surface area (Å²) in [7, 11) is 0. The molecule has 2 amide bonds. The van der Waals surface area contributed by atoms with E-state index < -0.39 is 0 Å². The van der Waals surface area contributed by atoms with Gasteiger partial charge in [-0.1, -0.05) is 62.2 Å². The van der Waals surface area contributed by atoms with E-state index in [2.05, 4.69) is 49.2 Å². The van der Waals surface area contributed by atoms with Gasteiger partial charge in [0.25, 0.3) is 0 Å². The van der Waals surface area contributed by atoms with Gasteiger partial charge in [0.1, 0.15) is 0 Å². The van der Waals surface area contributed by atoms with Gasteiger partial charge in [-0.3, -0.25) is 0 Å². The molecule has 28 heavy (non-hydrogen) atoms. The molecule has 0 aromatic heterocycles. The largest absolute Gasteiger partial charge is 0.368 e. The molecule has 0 saturated carbocycles. The molecule has 1 aliphatic rings. The minimum Gasteiger partial charge on any atom is -0.368 e. The number of hydrogen-bond donors (Lipinski definition) is 1. The fourth-order valence-corrected chi connectivity index (χ4v) is 3.88. The first-order chi connectivity index (χ1) is 13.4. The summed E-state index contributed by atoms with van der Waals surface area (Å²) in [5.74, 6) is 0.355. The Morgan fingerprint density at radius 2 is 1.79 bits per heavy atom. The molecule has 1 N–H and O–H groups in total. The van der Waals surface area contributed by atoms with Crippen LogP contribution in [0.25, 0.3) is 0 Å². The molecule has 1 saturated heterocycles. The molecule has 6 heteroatoms. The fraction of sp³-hybridized carbons (Fsp3) is 0.409. The van der Waals surface area contributed by atoms with Crippen molar-refractivity contribution in [2.24, 2.45) is 0 Å². The number of rotatable bonds is 4. The molecule has 2 aromatic rings. The van der Waals surface area contributed by atoms with Crippen LogP contribution in [0.5, 0.6) is 0 Å². The van der Waals surface area contributed by atoms with Crippen LogP contribution in [0.4, 0.5) is 16.2 Å². The lowest BCUT2D eigenvalue weighted by Crippen LogP contribution is -2.50. The third kappa shape index (κ3) is 4.56. The topological polar surface area (TPSA) is 35.6 Å². The number of nitrogens with zero attached hydrogens (tertiary/aromatic N) is 2. The molecule has 1 fully saturated rings. The van der Waals surface area contributed by atoms with E-state index >= 15 is 0 Å². The smallest absolute Gasteiger partial charge is 0.321 e. The number of anilines is 2. The van der Waals surface area contributed by atoms with Crippen LogP contribution in [0.15, 0.2) is 36.4 Å². The van der Waals surface area contributed by atoms with Crippen molar-refractivity contribution in [1.29, 1.82) is 0 Å². The molecular formula is C22H27Cl2N3O. The maximum absolute atomic E-state index is 12.9. The Bertz CT molecular complexity index is 846. The van der Waals surface area contributed by atoms with Gasteiger partial charge in [-0.15, -0.1) is 0 Å². The Labute approximate surface area is 177 Å². The highest BCUT2D eigenvalue weighted by molar-refractivity contribution is 6.42. The number of benzene rings is 2. The number of amides is 2. The number of nitrogens with one attached hydrogen (secondary N) is 1. The molecule has 0 bridgehead atoms. The van der Waals surface area contributed by atoms with E-state index in [9.17, 15) is 4.79 Å². The average Bonchev–Trinajstić information content (AvgIpc) is 2.70. The first-order valence-electron chi connectivity index (χ1n) is 9.78. The number of carbonyl (C=O) groups excluding carboxylic acids is 1. The standard InChI is InChI=1S/C22H27Cl2N3O/c1-4-16-6-5-7-18(15(2)3)21(16)25-22(28)27-12-10-26(11-13-27)17-8-9-19(23)20(24)14-17/h5-9,14-15H,4,10-13H2,1-3H3,(H,25,28). The van der Waals surface area contributed by atoms with Crippen LogP contribution in [0.1, 0.15) is 37.8 Å². The van der Waals surface area contributed by atoms with Gasteiger partial charge in [-0.2, -0.15) is 0 Å². The quantitative estimate of drug-likeness (QED) is 0.655. The molecule has 150 valence electrons. The van der Waals surface area contributed by atoms with E-state index in [1.165, 1.54) is 11.1 Å². The maximum atomic E-state index is 12.9. The molecule has 1 aliphatic heterocycles. The molecule has 0 radical (unpaired) electrons. The molecule has 3 rings (SSSR count). The number of aryl methyl sites for hydroxylation is 1. The second-order valence-electron chi connectivity index (χ2n) is 7.39. The summed E-state index contributed by atoms with van der Waals surface area (Å²) >= 11 is 12.1. The van der Waals surface area contributed by atoms with Crippen molar-refractivity contribution in [1.82, 2.24) is 4.90 Å². The molecule has 2 aromatic carbocycles. The summed E-state index contributed by atoms with van der Waals surface area (Å²) in [5.41, 5.74) is 4.36. The van der Waals surface area contributed by atoms with Crippen LogP contribution < -0.4 is 10.2 Å². The van der Waals surface area contributed by atoms with E-state index in [1.807, 2.05) is 23.1 Å². The van der Waals surface area contributed by atoms with Crippen LogP contribution >= 0.6 is 23.2 Å².